The zero-order chi connectivity index (χ0) is 19.9. The molecule has 1 aromatic heterocycles. The average Bonchev–Trinajstić information content (AvgIpc) is 2.72. The van der Waals surface area contributed by atoms with E-state index in [4.69, 9.17) is 10.00 Å². The number of carbonyl (C=O) groups is 1. The van der Waals surface area contributed by atoms with Crippen molar-refractivity contribution in [2.75, 3.05) is 18.2 Å². The largest absolute Gasteiger partial charge is 0.497 e. The number of hydrogen-bond acceptors (Lipinski definition) is 6. The van der Waals surface area contributed by atoms with E-state index in [9.17, 15) is 4.79 Å². The van der Waals surface area contributed by atoms with E-state index in [1.165, 1.54) is 11.8 Å². The number of carbonyl (C=O) groups excluding carboxylic acids is 1. The van der Waals surface area contributed by atoms with Gasteiger partial charge in [-0.2, -0.15) is 5.26 Å². The van der Waals surface area contributed by atoms with Crippen LogP contribution in [0.4, 0.5) is 5.69 Å². The smallest absolute Gasteiger partial charge is 0.234 e. The highest BCUT2D eigenvalue weighted by Gasteiger charge is 2.09. The lowest BCUT2D eigenvalue weighted by Crippen LogP contribution is -2.14. The maximum Gasteiger partial charge on any atom is 0.234 e. The first-order chi connectivity index (χ1) is 13.6. The van der Waals surface area contributed by atoms with Gasteiger partial charge in [-0.05, 0) is 55.5 Å². The number of hydrogen-bond donors (Lipinski definition) is 1. The molecule has 3 rings (SSSR count). The second-order valence-electron chi connectivity index (χ2n) is 5.93. The molecule has 0 atom stereocenters. The first-order valence-electron chi connectivity index (χ1n) is 8.50. The molecule has 140 valence electrons. The Morgan fingerprint density at radius 1 is 1.18 bits per heavy atom. The van der Waals surface area contributed by atoms with E-state index in [0.29, 0.717) is 17.1 Å². The monoisotopic (exact) mass is 390 g/mol. The van der Waals surface area contributed by atoms with Crippen molar-refractivity contribution in [1.29, 1.82) is 5.26 Å². The summed E-state index contributed by atoms with van der Waals surface area (Å²) < 4.78 is 5.17. The van der Waals surface area contributed by atoms with Crippen molar-refractivity contribution >= 4 is 23.4 Å². The van der Waals surface area contributed by atoms with Crippen LogP contribution in [-0.4, -0.2) is 28.7 Å². The van der Waals surface area contributed by atoms with Crippen molar-refractivity contribution in [3.8, 4) is 23.2 Å². The van der Waals surface area contributed by atoms with Crippen LogP contribution in [0.3, 0.4) is 0 Å². The van der Waals surface area contributed by atoms with E-state index in [-0.39, 0.29) is 11.7 Å². The molecule has 0 aliphatic heterocycles. The number of methoxy groups -OCH3 is 1. The molecule has 0 saturated heterocycles. The van der Waals surface area contributed by atoms with Gasteiger partial charge in [-0.1, -0.05) is 17.8 Å². The van der Waals surface area contributed by atoms with Crippen LogP contribution in [0.1, 0.15) is 11.3 Å². The first kappa shape index (κ1) is 19.4. The molecule has 3 aromatic rings. The molecule has 6 nitrogen and oxygen atoms in total. The van der Waals surface area contributed by atoms with Crippen molar-refractivity contribution < 1.29 is 9.53 Å². The Morgan fingerprint density at radius 2 is 1.96 bits per heavy atom. The fourth-order valence-electron chi connectivity index (χ4n) is 2.49. The van der Waals surface area contributed by atoms with Crippen molar-refractivity contribution in [3.05, 3.63) is 65.9 Å². The van der Waals surface area contributed by atoms with Crippen molar-refractivity contribution in [3.63, 3.8) is 0 Å². The number of benzene rings is 2. The molecule has 0 bridgehead atoms. The Balaban J connectivity index is 1.67. The number of nitrogens with one attached hydrogen (secondary N) is 1. The molecule has 1 heterocycles. The van der Waals surface area contributed by atoms with Crippen LogP contribution >= 0.6 is 11.8 Å². The van der Waals surface area contributed by atoms with E-state index in [0.717, 1.165) is 22.0 Å². The van der Waals surface area contributed by atoms with Crippen LogP contribution in [0.2, 0.25) is 0 Å². The summed E-state index contributed by atoms with van der Waals surface area (Å²) in [5.74, 6) is 1.41. The number of thioether (sulfide) groups is 1. The average molecular weight is 390 g/mol. The maximum atomic E-state index is 12.2. The summed E-state index contributed by atoms with van der Waals surface area (Å²) in [7, 11) is 1.62. The Morgan fingerprint density at radius 3 is 2.68 bits per heavy atom. The summed E-state index contributed by atoms with van der Waals surface area (Å²) >= 11 is 1.34. The van der Waals surface area contributed by atoms with Gasteiger partial charge in [0.15, 0.2) is 5.82 Å². The lowest BCUT2D eigenvalue weighted by atomic mass is 10.2. The number of nitrogens with zero attached hydrogens (tertiary/aromatic N) is 3. The molecular weight excluding hydrogens is 372 g/mol. The highest BCUT2D eigenvalue weighted by Crippen LogP contribution is 2.23. The Kier molecular flexibility index (Phi) is 6.25. The van der Waals surface area contributed by atoms with Crippen molar-refractivity contribution in [2.24, 2.45) is 0 Å². The normalized spacial score (nSPS) is 10.2. The van der Waals surface area contributed by atoms with Gasteiger partial charge >= 0.3 is 0 Å². The van der Waals surface area contributed by atoms with Crippen LogP contribution in [0.5, 0.6) is 5.75 Å². The van der Waals surface area contributed by atoms with Crippen molar-refractivity contribution in [2.45, 2.75) is 11.9 Å². The standard InChI is InChI=1S/C21H18N4O2S/c1-14-10-20(25-21(23-14)16-6-8-18(27-2)9-7-16)28-13-19(26)24-17-5-3-4-15(11-17)12-22/h3-11H,13H2,1-2H3,(H,24,26). The number of nitriles is 1. The summed E-state index contributed by atoms with van der Waals surface area (Å²) in [6, 6.07) is 18.2. The van der Waals surface area contributed by atoms with Crippen LogP contribution < -0.4 is 10.1 Å². The summed E-state index contributed by atoms with van der Waals surface area (Å²) in [4.78, 5) is 21.3. The number of ether oxygens (including phenoxy) is 1. The SMILES string of the molecule is COc1ccc(-c2nc(C)cc(SCC(=O)Nc3cccc(C#N)c3)n2)cc1. The molecular formula is C21H18N4O2S. The van der Waals surface area contributed by atoms with Crippen LogP contribution in [0.25, 0.3) is 11.4 Å². The summed E-state index contributed by atoms with van der Waals surface area (Å²) in [5.41, 5.74) is 2.80. The van der Waals surface area contributed by atoms with Crippen LogP contribution in [0.15, 0.2) is 59.6 Å². The number of amides is 1. The summed E-state index contributed by atoms with van der Waals surface area (Å²) in [6.07, 6.45) is 0. The lowest BCUT2D eigenvalue weighted by Gasteiger charge is -2.08. The predicted molar refractivity (Wildman–Crippen MR) is 109 cm³/mol. The number of anilines is 1. The minimum atomic E-state index is -0.164. The summed E-state index contributed by atoms with van der Waals surface area (Å²) in [5, 5.41) is 12.4. The number of aryl methyl sites for hydroxylation is 1. The molecule has 1 amide bonds. The molecule has 0 aliphatic rings. The van der Waals surface area contributed by atoms with E-state index in [2.05, 4.69) is 21.4 Å². The van der Waals surface area contributed by atoms with Gasteiger partial charge in [-0.25, -0.2) is 9.97 Å². The predicted octanol–water partition coefficient (Wildman–Crippen LogP) is 4.06. The van der Waals surface area contributed by atoms with Crippen LogP contribution in [0, 0.1) is 18.3 Å². The highest BCUT2D eigenvalue weighted by molar-refractivity contribution is 7.99. The first-order valence-corrected chi connectivity index (χ1v) is 9.49. The van der Waals surface area contributed by atoms with Gasteiger partial charge in [0, 0.05) is 16.9 Å². The fourth-order valence-corrected chi connectivity index (χ4v) is 3.24. The molecule has 7 heteroatoms. The Hall–Kier alpha value is -3.37. The molecule has 0 aliphatic carbocycles. The Bertz CT molecular complexity index is 1030. The lowest BCUT2D eigenvalue weighted by molar-refractivity contribution is -0.113. The van der Waals surface area contributed by atoms with E-state index < -0.39 is 0 Å². The van der Waals surface area contributed by atoms with Gasteiger partial charge in [-0.15, -0.1) is 0 Å². The van der Waals surface area contributed by atoms with Gasteiger partial charge in [0.1, 0.15) is 10.8 Å². The van der Waals surface area contributed by atoms with Gasteiger partial charge < -0.3 is 10.1 Å². The Labute approximate surface area is 167 Å². The molecule has 0 unspecified atom stereocenters. The molecule has 0 spiro atoms. The fraction of sp³-hybridized carbons (Fsp3) is 0.143. The molecule has 0 saturated carbocycles. The van der Waals surface area contributed by atoms with Gasteiger partial charge in [0.2, 0.25) is 5.91 Å². The zero-order valence-electron chi connectivity index (χ0n) is 15.5. The number of aromatic nitrogens is 2. The minimum absolute atomic E-state index is 0.164. The molecule has 0 fully saturated rings. The second-order valence-corrected chi connectivity index (χ2v) is 6.92. The third kappa shape index (κ3) is 5.09. The van der Waals surface area contributed by atoms with Gasteiger partial charge in [-0.3, -0.25) is 4.79 Å². The number of rotatable bonds is 6. The zero-order valence-corrected chi connectivity index (χ0v) is 16.3. The minimum Gasteiger partial charge on any atom is -0.497 e. The molecule has 2 aromatic carbocycles. The quantitative estimate of drug-likeness (QED) is 0.504. The molecule has 0 radical (unpaired) electrons. The van der Waals surface area contributed by atoms with E-state index in [1.807, 2.05) is 37.3 Å². The summed E-state index contributed by atoms with van der Waals surface area (Å²) in [6.45, 7) is 1.90. The van der Waals surface area contributed by atoms with Crippen molar-refractivity contribution in [1.82, 2.24) is 9.97 Å². The van der Waals surface area contributed by atoms with Gasteiger partial charge in [0.25, 0.3) is 0 Å². The molecule has 28 heavy (non-hydrogen) atoms. The van der Waals surface area contributed by atoms with Crippen LogP contribution in [-0.2, 0) is 4.79 Å². The third-order valence-electron chi connectivity index (χ3n) is 3.81. The van der Waals surface area contributed by atoms with E-state index in [1.54, 1.807) is 31.4 Å². The van der Waals surface area contributed by atoms with E-state index >= 15 is 0 Å². The second kappa shape index (κ2) is 9.02. The molecule has 1 N–H and O–H groups in total. The maximum absolute atomic E-state index is 12.2. The third-order valence-corrected chi connectivity index (χ3v) is 4.72. The highest BCUT2D eigenvalue weighted by atomic mass is 32.2. The topological polar surface area (TPSA) is 87.9 Å². The van der Waals surface area contributed by atoms with Gasteiger partial charge in [0.05, 0.1) is 24.5 Å².